The second kappa shape index (κ2) is 7.43. The predicted octanol–water partition coefficient (Wildman–Crippen LogP) is 5.01. The fraction of sp³-hybridized carbons (Fsp3) is 0.333. The highest BCUT2D eigenvalue weighted by atomic mass is 35.5. The van der Waals surface area contributed by atoms with Crippen molar-refractivity contribution in [3.8, 4) is 0 Å². The van der Waals surface area contributed by atoms with Crippen LogP contribution in [0.3, 0.4) is 0 Å². The van der Waals surface area contributed by atoms with Gasteiger partial charge in [-0.2, -0.15) is 0 Å². The van der Waals surface area contributed by atoms with Gasteiger partial charge in [0.15, 0.2) is 0 Å². The summed E-state index contributed by atoms with van der Waals surface area (Å²) in [5.74, 6) is -1.50. The molecule has 2 aliphatic heterocycles. The number of fused-ring (bicyclic) bond motifs is 2. The summed E-state index contributed by atoms with van der Waals surface area (Å²) in [4.78, 5) is 28.0. The molecule has 5 nitrogen and oxygen atoms in total. The Morgan fingerprint density at radius 2 is 1.88 bits per heavy atom. The van der Waals surface area contributed by atoms with E-state index in [0.29, 0.717) is 42.7 Å². The van der Waals surface area contributed by atoms with Gasteiger partial charge in [0, 0.05) is 37.0 Å². The minimum atomic E-state index is -1.16. The molecule has 9 heteroatoms. The van der Waals surface area contributed by atoms with Gasteiger partial charge in [0.05, 0.1) is 26.7 Å². The zero-order chi connectivity index (χ0) is 23.7. The molecule has 3 aliphatic rings. The standard InChI is InChI=1S/C24H21Cl2F2N3O2/c1-3-18(32)31-9-8-24(12-31,20-15(27)5-4-14(25)21(20)26)29-13-10-16(28)19-17(11-13)30(2)22(33)23(19)6-7-23/h3-5,10-11,29H,1,6-9,12H2,2H3/t24-/m1/s1. The van der Waals surface area contributed by atoms with Gasteiger partial charge in [-0.3, -0.25) is 9.59 Å². The lowest BCUT2D eigenvalue weighted by molar-refractivity contribution is -0.125. The molecule has 0 bridgehead atoms. The molecule has 0 aromatic heterocycles. The van der Waals surface area contributed by atoms with E-state index in [4.69, 9.17) is 23.2 Å². The summed E-state index contributed by atoms with van der Waals surface area (Å²) in [7, 11) is 1.63. The number of nitrogens with zero attached hydrogens (tertiary/aromatic N) is 2. The second-order valence-electron chi connectivity index (χ2n) is 8.94. The topological polar surface area (TPSA) is 52.7 Å². The van der Waals surface area contributed by atoms with E-state index in [0.717, 1.165) is 0 Å². The summed E-state index contributed by atoms with van der Waals surface area (Å²) in [5.41, 5.74) is -0.551. The number of halogens is 4. The van der Waals surface area contributed by atoms with Crippen LogP contribution < -0.4 is 10.2 Å². The van der Waals surface area contributed by atoms with Crippen LogP contribution >= 0.6 is 23.2 Å². The molecule has 172 valence electrons. The van der Waals surface area contributed by atoms with Gasteiger partial charge in [0.25, 0.3) is 0 Å². The van der Waals surface area contributed by atoms with Gasteiger partial charge in [-0.25, -0.2) is 8.78 Å². The molecule has 2 fully saturated rings. The molecule has 1 atom stereocenters. The molecule has 2 aromatic carbocycles. The summed E-state index contributed by atoms with van der Waals surface area (Å²) >= 11 is 12.6. The second-order valence-corrected chi connectivity index (χ2v) is 9.72. The number of hydrogen-bond acceptors (Lipinski definition) is 3. The highest BCUT2D eigenvalue weighted by Crippen LogP contribution is 2.58. The Morgan fingerprint density at radius 3 is 2.55 bits per heavy atom. The molecule has 5 rings (SSSR count). The van der Waals surface area contributed by atoms with Crippen LogP contribution in [-0.2, 0) is 20.5 Å². The number of nitrogens with one attached hydrogen (secondary N) is 1. The first-order chi connectivity index (χ1) is 15.6. The average Bonchev–Trinajstić information content (AvgIpc) is 3.43. The lowest BCUT2D eigenvalue weighted by atomic mass is 9.87. The van der Waals surface area contributed by atoms with Crippen molar-refractivity contribution in [1.29, 1.82) is 0 Å². The molecule has 1 saturated heterocycles. The molecule has 1 N–H and O–H groups in total. The van der Waals surface area contributed by atoms with Crippen LogP contribution in [0.2, 0.25) is 10.0 Å². The molecule has 1 saturated carbocycles. The summed E-state index contributed by atoms with van der Waals surface area (Å²) in [6.07, 6.45) is 2.75. The summed E-state index contributed by atoms with van der Waals surface area (Å²) in [6.45, 7) is 3.92. The first kappa shape index (κ1) is 22.2. The predicted molar refractivity (Wildman–Crippen MR) is 124 cm³/mol. The van der Waals surface area contributed by atoms with Crippen molar-refractivity contribution in [2.45, 2.75) is 30.2 Å². The number of carbonyl (C=O) groups is 2. The zero-order valence-corrected chi connectivity index (χ0v) is 19.4. The largest absolute Gasteiger partial charge is 0.373 e. The van der Waals surface area contributed by atoms with Gasteiger partial charge in [-0.05, 0) is 49.6 Å². The van der Waals surface area contributed by atoms with E-state index in [9.17, 15) is 9.59 Å². The van der Waals surface area contributed by atoms with Crippen molar-refractivity contribution in [1.82, 2.24) is 4.90 Å². The fourth-order valence-electron chi connectivity index (χ4n) is 5.27. The van der Waals surface area contributed by atoms with E-state index in [1.54, 1.807) is 13.1 Å². The van der Waals surface area contributed by atoms with Crippen LogP contribution in [-0.4, -0.2) is 36.9 Å². The zero-order valence-electron chi connectivity index (χ0n) is 17.9. The molecular formula is C24H21Cl2F2N3O2. The minimum absolute atomic E-state index is 0.0305. The van der Waals surface area contributed by atoms with Crippen LogP contribution in [0.5, 0.6) is 0 Å². The summed E-state index contributed by atoms with van der Waals surface area (Å²) < 4.78 is 30.4. The summed E-state index contributed by atoms with van der Waals surface area (Å²) in [6, 6.07) is 5.60. The van der Waals surface area contributed by atoms with E-state index in [2.05, 4.69) is 11.9 Å². The van der Waals surface area contributed by atoms with Gasteiger partial charge in [-0.15, -0.1) is 0 Å². The smallest absolute Gasteiger partial charge is 0.246 e. The van der Waals surface area contributed by atoms with Crippen molar-refractivity contribution in [3.05, 3.63) is 69.7 Å². The molecule has 2 amide bonds. The minimum Gasteiger partial charge on any atom is -0.373 e. The van der Waals surface area contributed by atoms with Crippen LogP contribution in [0.15, 0.2) is 36.9 Å². The van der Waals surface area contributed by atoms with Crippen molar-refractivity contribution in [2.75, 3.05) is 30.4 Å². The Labute approximate surface area is 199 Å². The number of likely N-dealkylation sites (tertiary alicyclic amines) is 1. The van der Waals surface area contributed by atoms with Crippen LogP contribution in [0, 0.1) is 11.6 Å². The molecule has 0 radical (unpaired) electrons. The normalized spacial score (nSPS) is 22.6. The maximum atomic E-state index is 15.3. The molecule has 33 heavy (non-hydrogen) atoms. The third-order valence-electron chi connectivity index (χ3n) is 7.04. The number of amides is 2. The molecule has 2 aromatic rings. The van der Waals surface area contributed by atoms with E-state index < -0.39 is 22.6 Å². The summed E-state index contributed by atoms with van der Waals surface area (Å²) in [5, 5.41) is 3.45. The van der Waals surface area contributed by atoms with Crippen LogP contribution in [0.25, 0.3) is 0 Å². The van der Waals surface area contributed by atoms with Gasteiger partial charge >= 0.3 is 0 Å². The third kappa shape index (κ3) is 3.16. The first-order valence-corrected chi connectivity index (χ1v) is 11.3. The molecule has 1 spiro atoms. The Bertz CT molecular complexity index is 1230. The Balaban J connectivity index is 1.62. The number of likely N-dealkylation sites (N-methyl/N-ethyl adjacent to an activating group) is 1. The fourth-order valence-corrected chi connectivity index (χ4v) is 5.76. The molecule has 0 unspecified atom stereocenters. The SMILES string of the molecule is C=CC(=O)N1CC[C@](Nc2cc(F)c3c(c2)N(C)C(=O)C32CC2)(c2c(F)ccc(Cl)c2Cl)C1. The lowest BCUT2D eigenvalue weighted by Crippen LogP contribution is -2.41. The van der Waals surface area contributed by atoms with Gasteiger partial charge in [-0.1, -0.05) is 29.8 Å². The quantitative estimate of drug-likeness (QED) is 0.483. The first-order valence-electron chi connectivity index (χ1n) is 10.6. The monoisotopic (exact) mass is 491 g/mol. The molecular weight excluding hydrogens is 471 g/mol. The van der Waals surface area contributed by atoms with Gasteiger partial charge in [0.1, 0.15) is 11.6 Å². The van der Waals surface area contributed by atoms with E-state index in [1.807, 2.05) is 0 Å². The van der Waals surface area contributed by atoms with Gasteiger partial charge in [0.2, 0.25) is 11.8 Å². The Morgan fingerprint density at radius 1 is 1.15 bits per heavy atom. The van der Waals surface area contributed by atoms with E-state index in [-0.39, 0.29) is 34.0 Å². The van der Waals surface area contributed by atoms with E-state index in [1.165, 1.54) is 34.1 Å². The Kier molecular flexibility index (Phi) is 4.99. The van der Waals surface area contributed by atoms with Crippen molar-refractivity contribution in [3.63, 3.8) is 0 Å². The van der Waals surface area contributed by atoms with Crippen LogP contribution in [0.1, 0.15) is 30.4 Å². The number of carbonyl (C=O) groups excluding carboxylic acids is 2. The lowest BCUT2D eigenvalue weighted by Gasteiger charge is -2.34. The van der Waals surface area contributed by atoms with Crippen molar-refractivity contribution in [2.24, 2.45) is 0 Å². The number of benzene rings is 2. The number of anilines is 2. The number of hydrogen-bond donors (Lipinski definition) is 1. The van der Waals surface area contributed by atoms with Crippen molar-refractivity contribution < 1.29 is 18.4 Å². The highest BCUT2D eigenvalue weighted by molar-refractivity contribution is 6.42. The van der Waals surface area contributed by atoms with Gasteiger partial charge < -0.3 is 15.1 Å². The molecule has 2 heterocycles. The Hall–Kier alpha value is -2.64. The van der Waals surface area contributed by atoms with Crippen molar-refractivity contribution >= 4 is 46.4 Å². The average molecular weight is 492 g/mol. The van der Waals surface area contributed by atoms with E-state index >= 15 is 8.78 Å². The third-order valence-corrected chi connectivity index (χ3v) is 7.84. The van der Waals surface area contributed by atoms with Crippen LogP contribution in [0.4, 0.5) is 20.2 Å². The highest BCUT2D eigenvalue weighted by Gasteiger charge is 2.60. The number of rotatable bonds is 4. The maximum absolute atomic E-state index is 15.3. The maximum Gasteiger partial charge on any atom is 0.246 e. The molecule has 1 aliphatic carbocycles.